The number of ether oxygens (including phenoxy) is 1. The van der Waals surface area contributed by atoms with E-state index in [4.69, 9.17) is 9.84 Å². The molecule has 1 aliphatic heterocycles. The fraction of sp³-hybridized carbons (Fsp3) is 0.375. The topological polar surface area (TPSA) is 98.7 Å². The Morgan fingerprint density at radius 3 is 2.70 bits per heavy atom. The third-order valence-corrected chi connectivity index (χ3v) is 3.34. The molecule has 0 aliphatic carbocycles. The average Bonchev–Trinajstić information content (AvgIpc) is 2.44. The maximum atomic E-state index is 12.1. The molecular weight excluding hydrogens is 325 g/mol. The predicted octanol–water partition coefficient (Wildman–Crippen LogP) is -2.44. The number of para-hydroxylation sites is 1. The van der Waals surface area contributed by atoms with E-state index >= 15 is 0 Å². The molecule has 6 nitrogen and oxygen atoms in total. The molecule has 0 fully saturated rings. The van der Waals surface area contributed by atoms with Gasteiger partial charge in [-0.05, 0) is 26.0 Å². The first-order valence-electron chi connectivity index (χ1n) is 6.95. The summed E-state index contributed by atoms with van der Waals surface area (Å²) in [5.41, 5.74) is 0.754. The molecule has 7 heteroatoms. The van der Waals surface area contributed by atoms with Gasteiger partial charge in [-0.25, -0.2) is 0 Å². The summed E-state index contributed by atoms with van der Waals surface area (Å²) in [5.74, 6) is -2.51. The fourth-order valence-corrected chi connectivity index (χ4v) is 2.16. The van der Waals surface area contributed by atoms with E-state index in [1.165, 1.54) is 0 Å². The first-order chi connectivity index (χ1) is 10.3. The Bertz CT molecular complexity index is 627. The number of anilines is 1. The number of carboxylic acid groups (broad SMARTS) is 1. The van der Waals surface area contributed by atoms with E-state index in [0.29, 0.717) is 11.4 Å². The Morgan fingerprint density at radius 2 is 2.09 bits per heavy atom. The summed E-state index contributed by atoms with van der Waals surface area (Å²) < 4.78 is 5.85. The third kappa shape index (κ3) is 5.41. The summed E-state index contributed by atoms with van der Waals surface area (Å²) in [6, 6.07) is 5.27. The SMILES string of the molecule is CC1(C)C=Cc2cccc(NC(=O)C(CO)CC(=O)[O-])c2O1.[K+]. The quantitative estimate of drug-likeness (QED) is 0.579. The van der Waals surface area contributed by atoms with Crippen LogP contribution in [0.15, 0.2) is 24.3 Å². The Hall–Kier alpha value is -0.704. The van der Waals surface area contributed by atoms with Crippen LogP contribution in [0.5, 0.6) is 5.75 Å². The number of carbonyl (C=O) groups excluding carboxylic acids is 2. The summed E-state index contributed by atoms with van der Waals surface area (Å²) in [7, 11) is 0. The second-order valence-corrected chi connectivity index (χ2v) is 5.71. The van der Waals surface area contributed by atoms with E-state index in [1.54, 1.807) is 12.1 Å². The van der Waals surface area contributed by atoms with Gasteiger partial charge >= 0.3 is 51.4 Å². The zero-order chi connectivity index (χ0) is 16.3. The predicted molar refractivity (Wildman–Crippen MR) is 79.0 cm³/mol. The number of nitrogens with one attached hydrogen (secondary N) is 1. The number of aliphatic carboxylic acids is 1. The molecule has 118 valence electrons. The van der Waals surface area contributed by atoms with Gasteiger partial charge in [-0.3, -0.25) is 4.79 Å². The third-order valence-electron chi connectivity index (χ3n) is 3.34. The first-order valence-corrected chi connectivity index (χ1v) is 6.95. The van der Waals surface area contributed by atoms with Crippen LogP contribution in [0.2, 0.25) is 0 Å². The molecule has 23 heavy (non-hydrogen) atoms. The van der Waals surface area contributed by atoms with Crippen molar-refractivity contribution in [2.45, 2.75) is 25.9 Å². The van der Waals surface area contributed by atoms with Crippen LogP contribution in [0, 0.1) is 5.92 Å². The van der Waals surface area contributed by atoms with Crippen LogP contribution in [-0.2, 0) is 9.59 Å². The number of carboxylic acids is 1. The monoisotopic (exact) mass is 343 g/mol. The van der Waals surface area contributed by atoms with Crippen LogP contribution in [0.3, 0.4) is 0 Å². The van der Waals surface area contributed by atoms with E-state index in [-0.39, 0.29) is 51.4 Å². The molecule has 1 aromatic rings. The smallest absolute Gasteiger partial charge is 0.550 e. The second kappa shape index (κ2) is 8.41. The summed E-state index contributed by atoms with van der Waals surface area (Å²) in [5, 5.41) is 22.4. The van der Waals surface area contributed by atoms with Gasteiger partial charge in [-0.2, -0.15) is 0 Å². The Labute approximate surface area is 177 Å². The molecule has 0 radical (unpaired) electrons. The Morgan fingerprint density at radius 1 is 1.39 bits per heavy atom. The van der Waals surface area contributed by atoms with Gasteiger partial charge in [0.05, 0.1) is 18.2 Å². The minimum atomic E-state index is -1.38. The van der Waals surface area contributed by atoms with Gasteiger partial charge in [0.2, 0.25) is 5.91 Å². The maximum absolute atomic E-state index is 12.1. The number of aliphatic hydroxyl groups excluding tert-OH is 1. The number of carbonyl (C=O) groups is 2. The molecule has 0 bridgehead atoms. The number of benzene rings is 1. The van der Waals surface area contributed by atoms with Gasteiger partial charge in [-0.15, -0.1) is 0 Å². The molecular formula is C16H18KNO5. The van der Waals surface area contributed by atoms with Gasteiger partial charge < -0.3 is 25.1 Å². The minimum absolute atomic E-state index is 0. The van der Waals surface area contributed by atoms with Crippen molar-refractivity contribution in [3.05, 3.63) is 29.8 Å². The normalized spacial score (nSPS) is 15.6. The van der Waals surface area contributed by atoms with Crippen molar-refractivity contribution in [1.29, 1.82) is 0 Å². The van der Waals surface area contributed by atoms with E-state index in [1.807, 2.05) is 32.1 Å². The van der Waals surface area contributed by atoms with Crippen LogP contribution < -0.4 is 66.5 Å². The van der Waals surface area contributed by atoms with Gasteiger partial charge in [0, 0.05) is 18.0 Å². The van der Waals surface area contributed by atoms with E-state index in [2.05, 4.69) is 5.32 Å². The van der Waals surface area contributed by atoms with Crippen molar-refractivity contribution in [1.82, 2.24) is 0 Å². The largest absolute Gasteiger partial charge is 1.00 e. The van der Waals surface area contributed by atoms with Crippen molar-refractivity contribution in [3.63, 3.8) is 0 Å². The van der Waals surface area contributed by atoms with Crippen molar-refractivity contribution in [3.8, 4) is 5.75 Å². The summed E-state index contributed by atoms with van der Waals surface area (Å²) in [6.45, 7) is 3.20. The number of fused-ring (bicyclic) bond motifs is 1. The van der Waals surface area contributed by atoms with Crippen molar-refractivity contribution >= 4 is 23.6 Å². The maximum Gasteiger partial charge on any atom is 1.00 e. The molecule has 1 heterocycles. The fourth-order valence-electron chi connectivity index (χ4n) is 2.16. The van der Waals surface area contributed by atoms with Crippen molar-refractivity contribution < 1.29 is 75.9 Å². The van der Waals surface area contributed by atoms with E-state index < -0.39 is 36.4 Å². The number of hydrogen-bond acceptors (Lipinski definition) is 5. The number of amides is 1. The summed E-state index contributed by atoms with van der Waals surface area (Å²) in [6.07, 6.45) is 3.27. The summed E-state index contributed by atoms with van der Waals surface area (Å²) in [4.78, 5) is 22.7. The van der Waals surface area contributed by atoms with Crippen LogP contribution >= 0.6 is 0 Å². The Kier molecular flexibility index (Phi) is 7.44. The number of rotatable bonds is 5. The molecule has 2 rings (SSSR count). The van der Waals surface area contributed by atoms with Crippen molar-refractivity contribution in [2.75, 3.05) is 11.9 Å². The molecule has 1 aliphatic rings. The van der Waals surface area contributed by atoms with Crippen LogP contribution in [0.25, 0.3) is 6.08 Å². The molecule has 1 aromatic carbocycles. The molecule has 2 N–H and O–H groups in total. The van der Waals surface area contributed by atoms with Gasteiger partial charge in [-0.1, -0.05) is 18.2 Å². The molecule has 0 spiro atoms. The van der Waals surface area contributed by atoms with Gasteiger partial charge in [0.15, 0.2) is 5.75 Å². The zero-order valence-corrected chi connectivity index (χ0v) is 16.6. The van der Waals surface area contributed by atoms with E-state index in [9.17, 15) is 14.7 Å². The number of hydrogen-bond donors (Lipinski definition) is 2. The minimum Gasteiger partial charge on any atom is -0.550 e. The molecule has 1 unspecified atom stereocenters. The van der Waals surface area contributed by atoms with Gasteiger partial charge in [0.1, 0.15) is 5.60 Å². The summed E-state index contributed by atoms with van der Waals surface area (Å²) >= 11 is 0. The molecule has 1 atom stereocenters. The average molecular weight is 343 g/mol. The van der Waals surface area contributed by atoms with E-state index in [0.717, 1.165) is 5.56 Å². The standard InChI is InChI=1S/C16H19NO5.K/c1-16(2)7-6-10-4-3-5-12(14(10)22-16)17-15(21)11(9-18)8-13(19)20;/h3-7,11,18H,8-9H2,1-2H3,(H,17,21)(H,19,20);/q;+1/p-1. The van der Waals surface area contributed by atoms with Crippen molar-refractivity contribution in [2.24, 2.45) is 5.92 Å². The van der Waals surface area contributed by atoms with Crippen LogP contribution in [0.4, 0.5) is 5.69 Å². The molecule has 1 amide bonds. The zero-order valence-electron chi connectivity index (χ0n) is 13.5. The molecule has 0 saturated carbocycles. The molecule has 0 saturated heterocycles. The first kappa shape index (κ1) is 20.3. The second-order valence-electron chi connectivity index (χ2n) is 5.71. The number of aliphatic hydroxyl groups is 1. The van der Waals surface area contributed by atoms with Crippen LogP contribution in [0.1, 0.15) is 25.8 Å². The molecule has 0 aromatic heterocycles. The Balaban J connectivity index is 0.00000264. The van der Waals surface area contributed by atoms with Crippen LogP contribution in [-0.4, -0.2) is 29.2 Å². The van der Waals surface area contributed by atoms with Gasteiger partial charge in [0.25, 0.3) is 0 Å².